The molecule has 0 bridgehead atoms. The molecule has 0 aliphatic heterocycles. The number of hydrogen-bond acceptors (Lipinski definition) is 2. The maximum Gasteiger partial charge on any atom is 0.163 e. The maximum absolute atomic E-state index is 11.4. The van der Waals surface area contributed by atoms with Gasteiger partial charge in [-0.3, -0.25) is 4.79 Å². The Balaban J connectivity index is 2.63. The zero-order valence-corrected chi connectivity index (χ0v) is 7.77. The van der Waals surface area contributed by atoms with Crippen LogP contribution in [0, 0.1) is 0 Å². The summed E-state index contributed by atoms with van der Waals surface area (Å²) >= 11 is 5.73. The molecule has 0 unspecified atom stereocenters. The molecule has 0 saturated carbocycles. The van der Waals surface area contributed by atoms with Gasteiger partial charge in [-0.2, -0.15) is 0 Å². The van der Waals surface area contributed by atoms with Crippen LogP contribution in [0.4, 0.5) is 0 Å². The molecule has 0 heterocycles. The average Bonchev–Trinajstić information content (AvgIpc) is 2.12. The molecule has 1 aromatic carbocycles. The summed E-state index contributed by atoms with van der Waals surface area (Å²) in [4.78, 5) is 11.4. The van der Waals surface area contributed by atoms with Gasteiger partial charge in [0.15, 0.2) is 5.78 Å². The van der Waals surface area contributed by atoms with E-state index in [9.17, 15) is 9.90 Å². The minimum atomic E-state index is 0.0761. The summed E-state index contributed by atoms with van der Waals surface area (Å²) in [5, 5.41) is 9.90. The molecule has 0 aromatic heterocycles. The van der Waals surface area contributed by atoms with Gasteiger partial charge in [-0.05, 0) is 25.0 Å². The van der Waals surface area contributed by atoms with Crippen LogP contribution in [0.2, 0.25) is 5.02 Å². The molecular formula is C10H9ClO2. The van der Waals surface area contributed by atoms with Crippen LogP contribution in [0.25, 0.3) is 0 Å². The standard InChI is InChI=1S/C10H9ClO2/c11-8-5-4-6-7(10(8)13)2-1-3-9(6)12/h4-5,13H,1-3H2. The summed E-state index contributed by atoms with van der Waals surface area (Å²) < 4.78 is 0. The van der Waals surface area contributed by atoms with Crippen LogP contribution in [0.3, 0.4) is 0 Å². The van der Waals surface area contributed by atoms with Crippen LogP contribution in [0.15, 0.2) is 12.1 Å². The summed E-state index contributed by atoms with van der Waals surface area (Å²) in [7, 11) is 0. The monoisotopic (exact) mass is 196 g/mol. The van der Waals surface area contributed by atoms with Gasteiger partial charge in [-0.25, -0.2) is 0 Å². The van der Waals surface area contributed by atoms with Crippen molar-refractivity contribution in [3.63, 3.8) is 0 Å². The van der Waals surface area contributed by atoms with E-state index in [-0.39, 0.29) is 11.5 Å². The number of fused-ring (bicyclic) bond motifs is 1. The van der Waals surface area contributed by atoms with Gasteiger partial charge in [0.05, 0.1) is 5.02 Å². The number of carbonyl (C=O) groups is 1. The van der Waals surface area contributed by atoms with Crippen LogP contribution in [0.1, 0.15) is 28.8 Å². The lowest BCUT2D eigenvalue weighted by atomic mass is 9.90. The third-order valence-electron chi connectivity index (χ3n) is 2.36. The van der Waals surface area contributed by atoms with Gasteiger partial charge < -0.3 is 5.11 Å². The number of benzene rings is 1. The fraction of sp³-hybridized carbons (Fsp3) is 0.300. The third kappa shape index (κ3) is 1.31. The number of ketones is 1. The first kappa shape index (κ1) is 8.57. The summed E-state index contributed by atoms with van der Waals surface area (Å²) in [6.07, 6.45) is 2.13. The van der Waals surface area contributed by atoms with Crippen molar-refractivity contribution in [1.82, 2.24) is 0 Å². The van der Waals surface area contributed by atoms with Crippen molar-refractivity contribution in [2.45, 2.75) is 19.3 Å². The minimum absolute atomic E-state index is 0.0761. The zero-order chi connectivity index (χ0) is 9.42. The first-order valence-electron chi connectivity index (χ1n) is 4.23. The molecule has 1 aliphatic carbocycles. The lowest BCUT2D eigenvalue weighted by Gasteiger charge is -2.16. The van der Waals surface area contributed by atoms with Gasteiger partial charge in [-0.15, -0.1) is 0 Å². The Morgan fingerprint density at radius 2 is 2.08 bits per heavy atom. The lowest BCUT2D eigenvalue weighted by Crippen LogP contribution is -2.10. The van der Waals surface area contributed by atoms with Crippen molar-refractivity contribution in [2.24, 2.45) is 0 Å². The molecule has 1 aliphatic rings. The van der Waals surface area contributed by atoms with Gasteiger partial charge in [0.25, 0.3) is 0 Å². The predicted molar refractivity (Wildman–Crippen MR) is 50.4 cm³/mol. The number of rotatable bonds is 0. The van der Waals surface area contributed by atoms with Crippen LogP contribution >= 0.6 is 11.6 Å². The number of phenolic OH excluding ortho intramolecular Hbond substituents is 1. The molecular weight excluding hydrogens is 188 g/mol. The van der Waals surface area contributed by atoms with Gasteiger partial charge in [0, 0.05) is 17.5 Å². The van der Waals surface area contributed by atoms with E-state index in [1.165, 1.54) is 0 Å². The summed E-state index contributed by atoms with van der Waals surface area (Å²) in [6.45, 7) is 0. The van der Waals surface area contributed by atoms with Crippen LogP contribution in [-0.4, -0.2) is 10.9 Å². The Bertz CT molecular complexity index is 371. The smallest absolute Gasteiger partial charge is 0.163 e. The number of aromatic hydroxyl groups is 1. The van der Waals surface area contributed by atoms with Crippen molar-refractivity contribution >= 4 is 17.4 Å². The first-order chi connectivity index (χ1) is 6.20. The molecule has 0 amide bonds. The van der Waals surface area contributed by atoms with Crippen molar-refractivity contribution in [1.29, 1.82) is 0 Å². The number of hydrogen-bond donors (Lipinski definition) is 1. The van der Waals surface area contributed by atoms with Gasteiger partial charge in [-0.1, -0.05) is 11.6 Å². The highest BCUT2D eigenvalue weighted by atomic mass is 35.5. The Kier molecular flexibility index (Phi) is 2.00. The van der Waals surface area contributed by atoms with Crippen molar-refractivity contribution < 1.29 is 9.90 Å². The lowest BCUT2D eigenvalue weighted by molar-refractivity contribution is 0.0971. The minimum Gasteiger partial charge on any atom is -0.506 e. The van der Waals surface area contributed by atoms with Crippen molar-refractivity contribution in [3.8, 4) is 5.75 Å². The zero-order valence-electron chi connectivity index (χ0n) is 7.01. The van der Waals surface area contributed by atoms with E-state index in [0.717, 1.165) is 12.8 Å². The topological polar surface area (TPSA) is 37.3 Å². The van der Waals surface area contributed by atoms with Gasteiger partial charge in [0.2, 0.25) is 0 Å². The predicted octanol–water partition coefficient (Wildman–Crippen LogP) is 2.56. The van der Waals surface area contributed by atoms with Crippen LogP contribution in [-0.2, 0) is 6.42 Å². The van der Waals surface area contributed by atoms with E-state index in [1.54, 1.807) is 12.1 Å². The Labute approximate surface area is 81.1 Å². The highest BCUT2D eigenvalue weighted by Gasteiger charge is 2.20. The first-order valence-corrected chi connectivity index (χ1v) is 4.61. The molecule has 2 nitrogen and oxygen atoms in total. The molecule has 2 rings (SSSR count). The fourth-order valence-corrected chi connectivity index (χ4v) is 1.86. The molecule has 0 saturated heterocycles. The molecule has 0 radical (unpaired) electrons. The molecule has 13 heavy (non-hydrogen) atoms. The van der Waals surface area contributed by atoms with Crippen LogP contribution < -0.4 is 0 Å². The molecule has 0 atom stereocenters. The highest BCUT2D eigenvalue weighted by Crippen LogP contribution is 2.34. The quantitative estimate of drug-likeness (QED) is 0.693. The number of carbonyl (C=O) groups excluding carboxylic acids is 1. The van der Waals surface area contributed by atoms with Gasteiger partial charge in [0.1, 0.15) is 5.75 Å². The molecule has 0 spiro atoms. The van der Waals surface area contributed by atoms with E-state index in [0.29, 0.717) is 22.6 Å². The van der Waals surface area contributed by atoms with E-state index in [1.807, 2.05) is 0 Å². The Morgan fingerprint density at radius 1 is 1.31 bits per heavy atom. The van der Waals surface area contributed by atoms with E-state index in [4.69, 9.17) is 11.6 Å². The largest absolute Gasteiger partial charge is 0.506 e. The second-order valence-corrected chi connectivity index (χ2v) is 3.61. The van der Waals surface area contributed by atoms with E-state index in [2.05, 4.69) is 0 Å². The van der Waals surface area contributed by atoms with Crippen molar-refractivity contribution in [2.75, 3.05) is 0 Å². The van der Waals surface area contributed by atoms with Gasteiger partial charge >= 0.3 is 0 Å². The Hall–Kier alpha value is -1.02. The third-order valence-corrected chi connectivity index (χ3v) is 2.67. The maximum atomic E-state index is 11.4. The summed E-state index contributed by atoms with van der Waals surface area (Å²) in [5.41, 5.74) is 1.34. The average molecular weight is 197 g/mol. The van der Waals surface area contributed by atoms with Crippen molar-refractivity contribution in [3.05, 3.63) is 28.3 Å². The van der Waals surface area contributed by atoms with E-state index < -0.39 is 0 Å². The molecule has 1 N–H and O–H groups in total. The summed E-state index contributed by atoms with van der Waals surface area (Å²) in [6, 6.07) is 3.26. The SMILES string of the molecule is O=C1CCCc2c1ccc(Cl)c2O. The second kappa shape index (κ2) is 3.04. The van der Waals surface area contributed by atoms with E-state index >= 15 is 0 Å². The number of phenols is 1. The highest BCUT2D eigenvalue weighted by molar-refractivity contribution is 6.32. The molecule has 3 heteroatoms. The fourth-order valence-electron chi connectivity index (χ4n) is 1.68. The van der Waals surface area contributed by atoms with Crippen LogP contribution in [0.5, 0.6) is 5.75 Å². The Morgan fingerprint density at radius 3 is 2.85 bits per heavy atom. The molecule has 1 aromatic rings. The molecule has 0 fully saturated rings. The summed E-state index contributed by atoms with van der Waals surface area (Å²) in [5.74, 6) is 0.181. The number of Topliss-reactive ketones (excluding diaryl/α,β-unsaturated/α-hetero) is 1. The molecule has 68 valence electrons. The normalized spacial score (nSPS) is 15.6. The number of halogens is 1. The second-order valence-electron chi connectivity index (χ2n) is 3.20.